The molecule has 0 aliphatic carbocycles. The van der Waals surface area contributed by atoms with Crippen molar-refractivity contribution in [2.45, 2.75) is 6.18 Å². The maximum Gasteiger partial charge on any atom is 0.416 e. The molecule has 134 valence electrons. The molecule has 2 aromatic carbocycles. The molecule has 6 heteroatoms. The summed E-state index contributed by atoms with van der Waals surface area (Å²) in [5.41, 5.74) is 2.65. The highest BCUT2D eigenvalue weighted by molar-refractivity contribution is 5.81. The monoisotopic (exact) mass is 357 g/mol. The molecule has 0 bridgehead atoms. The van der Waals surface area contributed by atoms with Crippen LogP contribution in [-0.4, -0.2) is 19.1 Å². The lowest BCUT2D eigenvalue weighted by atomic mass is 10.0. The molecule has 0 fully saturated rings. The number of nitrogens with zero attached hydrogens (tertiary/aromatic N) is 2. The van der Waals surface area contributed by atoms with E-state index in [2.05, 4.69) is 10.3 Å². The molecule has 26 heavy (non-hydrogen) atoms. The van der Waals surface area contributed by atoms with Crippen molar-refractivity contribution < 1.29 is 13.2 Å². The molecule has 0 aliphatic rings. The Bertz CT molecular complexity index is 887. The first-order valence-electron chi connectivity index (χ1n) is 8.01. The molecular weight excluding hydrogens is 339 g/mol. The Labute approximate surface area is 150 Å². The zero-order valence-electron chi connectivity index (χ0n) is 14.4. The number of halogens is 3. The summed E-state index contributed by atoms with van der Waals surface area (Å²) in [6.45, 7) is 0. The minimum Gasteiger partial charge on any atom is -0.363 e. The summed E-state index contributed by atoms with van der Waals surface area (Å²) in [6.07, 6.45) is -2.60. The number of hydrogen-bond donors (Lipinski definition) is 1. The Kier molecular flexibility index (Phi) is 4.84. The van der Waals surface area contributed by atoms with Crippen molar-refractivity contribution in [3.8, 4) is 11.1 Å². The average molecular weight is 357 g/mol. The van der Waals surface area contributed by atoms with Crippen LogP contribution in [0.25, 0.3) is 11.1 Å². The van der Waals surface area contributed by atoms with E-state index in [-0.39, 0.29) is 0 Å². The molecule has 1 heterocycles. The van der Waals surface area contributed by atoms with Gasteiger partial charge in [-0.15, -0.1) is 0 Å². The molecule has 3 rings (SSSR count). The second-order valence-electron chi connectivity index (χ2n) is 6.04. The first kappa shape index (κ1) is 17.8. The van der Waals surface area contributed by atoms with Crippen molar-refractivity contribution >= 4 is 17.2 Å². The van der Waals surface area contributed by atoms with Gasteiger partial charge in [-0.1, -0.05) is 18.2 Å². The van der Waals surface area contributed by atoms with Crippen LogP contribution < -0.4 is 10.2 Å². The zero-order valence-corrected chi connectivity index (χ0v) is 14.4. The Morgan fingerprint density at radius 2 is 1.62 bits per heavy atom. The molecule has 0 radical (unpaired) electrons. The molecule has 1 aromatic heterocycles. The smallest absolute Gasteiger partial charge is 0.363 e. The summed E-state index contributed by atoms with van der Waals surface area (Å²) < 4.78 is 38.1. The first-order chi connectivity index (χ1) is 12.3. The maximum absolute atomic E-state index is 12.7. The predicted molar refractivity (Wildman–Crippen MR) is 98.7 cm³/mol. The number of nitrogens with one attached hydrogen (secondary N) is 1. The van der Waals surface area contributed by atoms with Crippen molar-refractivity contribution in [2.75, 3.05) is 24.3 Å². The molecule has 3 aromatic rings. The van der Waals surface area contributed by atoms with Gasteiger partial charge >= 0.3 is 6.18 Å². The molecule has 0 amide bonds. The third-order valence-corrected chi connectivity index (χ3v) is 3.93. The van der Waals surface area contributed by atoms with Gasteiger partial charge < -0.3 is 10.2 Å². The Balaban J connectivity index is 1.92. The number of hydrogen-bond acceptors (Lipinski definition) is 3. The highest BCUT2D eigenvalue weighted by atomic mass is 19.4. The van der Waals surface area contributed by atoms with Crippen molar-refractivity contribution in [3.63, 3.8) is 0 Å². The first-order valence-corrected chi connectivity index (χ1v) is 8.01. The fourth-order valence-electron chi connectivity index (χ4n) is 2.57. The van der Waals surface area contributed by atoms with Crippen LogP contribution in [0.15, 0.2) is 66.9 Å². The van der Waals surface area contributed by atoms with Gasteiger partial charge in [0.15, 0.2) is 0 Å². The van der Waals surface area contributed by atoms with E-state index in [9.17, 15) is 13.2 Å². The molecule has 0 aliphatic heterocycles. The number of benzene rings is 2. The third kappa shape index (κ3) is 3.96. The van der Waals surface area contributed by atoms with E-state index < -0.39 is 11.7 Å². The van der Waals surface area contributed by atoms with Gasteiger partial charge in [0.25, 0.3) is 0 Å². The van der Waals surface area contributed by atoms with E-state index in [0.29, 0.717) is 5.69 Å². The number of anilines is 3. The Morgan fingerprint density at radius 3 is 2.27 bits per heavy atom. The summed E-state index contributed by atoms with van der Waals surface area (Å²) in [7, 11) is 3.83. The summed E-state index contributed by atoms with van der Waals surface area (Å²) >= 11 is 0. The van der Waals surface area contributed by atoms with Gasteiger partial charge in [-0.3, -0.25) is 0 Å². The molecule has 0 spiro atoms. The summed E-state index contributed by atoms with van der Waals surface area (Å²) in [6, 6.07) is 16.5. The lowest BCUT2D eigenvalue weighted by Crippen LogP contribution is -2.10. The van der Waals surface area contributed by atoms with Crippen LogP contribution in [0, 0.1) is 0 Å². The minimum absolute atomic E-state index is 0.590. The van der Waals surface area contributed by atoms with E-state index in [1.165, 1.54) is 12.1 Å². The quantitative estimate of drug-likeness (QED) is 0.661. The van der Waals surface area contributed by atoms with Crippen molar-refractivity contribution in [3.05, 3.63) is 72.4 Å². The standard InChI is InChI=1S/C20H18F3N3/c1-26(2)19-13-14(11-12-24-19)17-5-3-4-6-18(17)25-16-9-7-15(8-10-16)20(21,22)23/h3-13,25H,1-2H3. The summed E-state index contributed by atoms with van der Waals surface area (Å²) in [4.78, 5) is 6.22. The number of para-hydroxylation sites is 1. The topological polar surface area (TPSA) is 28.2 Å². The molecule has 0 unspecified atom stereocenters. The van der Waals surface area contributed by atoms with Crippen molar-refractivity contribution in [1.29, 1.82) is 0 Å². The molecule has 0 saturated heterocycles. The van der Waals surface area contributed by atoms with Gasteiger partial charge in [0.2, 0.25) is 0 Å². The van der Waals surface area contributed by atoms with Gasteiger partial charge in [0, 0.05) is 37.2 Å². The van der Waals surface area contributed by atoms with Crippen LogP contribution >= 0.6 is 0 Å². The maximum atomic E-state index is 12.7. The second-order valence-corrected chi connectivity index (χ2v) is 6.04. The lowest BCUT2D eigenvalue weighted by molar-refractivity contribution is -0.137. The van der Waals surface area contributed by atoms with Gasteiger partial charge in [-0.05, 0) is 48.0 Å². The number of pyridine rings is 1. The molecule has 0 atom stereocenters. The minimum atomic E-state index is -4.34. The fourth-order valence-corrected chi connectivity index (χ4v) is 2.57. The van der Waals surface area contributed by atoms with Crippen molar-refractivity contribution in [2.24, 2.45) is 0 Å². The normalized spacial score (nSPS) is 11.3. The van der Waals surface area contributed by atoms with Gasteiger partial charge in [-0.2, -0.15) is 13.2 Å². The SMILES string of the molecule is CN(C)c1cc(-c2ccccc2Nc2ccc(C(F)(F)F)cc2)ccn1. The highest BCUT2D eigenvalue weighted by Gasteiger charge is 2.29. The molecular formula is C20H18F3N3. The van der Waals surface area contributed by atoms with E-state index in [1.54, 1.807) is 6.20 Å². The Morgan fingerprint density at radius 1 is 0.923 bits per heavy atom. The molecule has 0 saturated carbocycles. The third-order valence-electron chi connectivity index (χ3n) is 3.93. The van der Waals surface area contributed by atoms with E-state index in [0.717, 1.165) is 34.8 Å². The number of aromatic nitrogens is 1. The number of alkyl halides is 3. The molecule has 1 N–H and O–H groups in total. The van der Waals surface area contributed by atoms with Crippen LogP contribution in [0.1, 0.15) is 5.56 Å². The fraction of sp³-hybridized carbons (Fsp3) is 0.150. The van der Waals surface area contributed by atoms with Crippen LogP contribution in [0.4, 0.5) is 30.4 Å². The number of rotatable bonds is 4. The predicted octanol–water partition coefficient (Wildman–Crippen LogP) is 5.58. The average Bonchev–Trinajstić information content (AvgIpc) is 2.62. The highest BCUT2D eigenvalue weighted by Crippen LogP contribution is 2.33. The van der Waals surface area contributed by atoms with Crippen LogP contribution in [0.5, 0.6) is 0 Å². The van der Waals surface area contributed by atoms with Gasteiger partial charge in [0.1, 0.15) is 5.82 Å². The summed E-state index contributed by atoms with van der Waals surface area (Å²) in [5, 5.41) is 3.20. The largest absolute Gasteiger partial charge is 0.416 e. The second kappa shape index (κ2) is 7.07. The van der Waals surface area contributed by atoms with E-state index in [1.807, 2.05) is 55.4 Å². The van der Waals surface area contributed by atoms with Crippen molar-refractivity contribution in [1.82, 2.24) is 4.98 Å². The van der Waals surface area contributed by atoms with Gasteiger partial charge in [0.05, 0.1) is 5.56 Å². The zero-order chi connectivity index (χ0) is 18.7. The van der Waals surface area contributed by atoms with Crippen LogP contribution in [0.3, 0.4) is 0 Å². The van der Waals surface area contributed by atoms with Gasteiger partial charge in [-0.25, -0.2) is 4.98 Å². The summed E-state index contributed by atoms with van der Waals surface area (Å²) in [5.74, 6) is 0.826. The molecule has 3 nitrogen and oxygen atoms in total. The van der Waals surface area contributed by atoms with E-state index in [4.69, 9.17) is 0 Å². The lowest BCUT2D eigenvalue weighted by Gasteiger charge is -2.15. The van der Waals surface area contributed by atoms with E-state index >= 15 is 0 Å². The van der Waals surface area contributed by atoms with Crippen LogP contribution in [-0.2, 0) is 6.18 Å². The Hall–Kier alpha value is -3.02. The van der Waals surface area contributed by atoms with Crippen LogP contribution in [0.2, 0.25) is 0 Å².